The van der Waals surface area contributed by atoms with E-state index in [-0.39, 0.29) is 5.82 Å². The van der Waals surface area contributed by atoms with Crippen LogP contribution in [0.3, 0.4) is 0 Å². The van der Waals surface area contributed by atoms with Crippen LogP contribution >= 0.6 is 0 Å². The first-order valence-corrected chi connectivity index (χ1v) is 5.49. The zero-order valence-corrected chi connectivity index (χ0v) is 10.3. The Hall–Kier alpha value is -0.850. The fourth-order valence-electron chi connectivity index (χ4n) is 0.939. The van der Waals surface area contributed by atoms with E-state index in [4.69, 9.17) is 0 Å². The molecule has 82 valence electrons. The van der Waals surface area contributed by atoms with Crippen molar-refractivity contribution in [1.82, 2.24) is 0 Å². The number of halogens is 1. The molecular formula is C13H23F. The van der Waals surface area contributed by atoms with Gasteiger partial charge in [-0.25, -0.2) is 4.39 Å². The highest BCUT2D eigenvalue weighted by molar-refractivity contribution is 5.23. The maximum absolute atomic E-state index is 12.9. The molecule has 1 heteroatoms. The van der Waals surface area contributed by atoms with E-state index < -0.39 is 0 Å². The summed E-state index contributed by atoms with van der Waals surface area (Å²) in [4.78, 5) is 0. The lowest BCUT2D eigenvalue weighted by molar-refractivity contribution is 0.611. The molecule has 0 fully saturated rings. The summed E-state index contributed by atoms with van der Waals surface area (Å²) < 4.78 is 12.9. The number of benzene rings is 1. The Balaban J connectivity index is 0. The Bertz CT molecular complexity index is 229. The Kier molecular flexibility index (Phi) is 11.4. The average Bonchev–Trinajstić information content (AvgIpc) is 2.24. The summed E-state index contributed by atoms with van der Waals surface area (Å²) in [7, 11) is 0. The second kappa shape index (κ2) is 10.2. The minimum Gasteiger partial charge on any atom is -0.207 e. The SMILES string of the molecule is CC.CC.CCc1ccc(C)cc1F. The van der Waals surface area contributed by atoms with Crippen molar-refractivity contribution in [2.75, 3.05) is 0 Å². The normalized spacial score (nSPS) is 7.93. The first kappa shape index (κ1) is 15.6. The third-order valence-electron chi connectivity index (χ3n) is 1.59. The van der Waals surface area contributed by atoms with Crippen molar-refractivity contribution in [3.63, 3.8) is 0 Å². The van der Waals surface area contributed by atoms with E-state index in [1.54, 1.807) is 6.07 Å². The lowest BCUT2D eigenvalue weighted by atomic mass is 10.1. The van der Waals surface area contributed by atoms with Crippen LogP contribution in [0.1, 0.15) is 45.7 Å². The van der Waals surface area contributed by atoms with Gasteiger partial charge in [0.15, 0.2) is 0 Å². The second-order valence-corrected chi connectivity index (χ2v) is 2.45. The molecule has 0 radical (unpaired) electrons. The third-order valence-corrected chi connectivity index (χ3v) is 1.59. The fourth-order valence-corrected chi connectivity index (χ4v) is 0.939. The third kappa shape index (κ3) is 5.74. The minimum absolute atomic E-state index is 0.0810. The van der Waals surface area contributed by atoms with Gasteiger partial charge in [-0.05, 0) is 30.5 Å². The van der Waals surface area contributed by atoms with Crippen molar-refractivity contribution < 1.29 is 4.39 Å². The molecule has 0 unspecified atom stereocenters. The Morgan fingerprint density at radius 2 is 1.57 bits per heavy atom. The van der Waals surface area contributed by atoms with E-state index in [1.807, 2.05) is 53.7 Å². The fraction of sp³-hybridized carbons (Fsp3) is 0.538. The van der Waals surface area contributed by atoms with Crippen molar-refractivity contribution in [3.05, 3.63) is 35.1 Å². The first-order chi connectivity index (χ1) is 6.74. The summed E-state index contributed by atoms with van der Waals surface area (Å²) in [5.74, 6) is -0.0810. The maximum Gasteiger partial charge on any atom is 0.126 e. The van der Waals surface area contributed by atoms with Crippen LogP contribution < -0.4 is 0 Å². The van der Waals surface area contributed by atoms with Crippen LogP contribution in [0.15, 0.2) is 18.2 Å². The van der Waals surface area contributed by atoms with Gasteiger partial charge in [-0.1, -0.05) is 46.8 Å². The Morgan fingerprint density at radius 1 is 1.07 bits per heavy atom. The van der Waals surface area contributed by atoms with Crippen molar-refractivity contribution in [1.29, 1.82) is 0 Å². The van der Waals surface area contributed by atoms with E-state index in [1.165, 1.54) is 0 Å². The topological polar surface area (TPSA) is 0 Å². The molecule has 0 amide bonds. The molecule has 0 spiro atoms. The minimum atomic E-state index is -0.0810. The number of hydrogen-bond acceptors (Lipinski definition) is 0. The largest absolute Gasteiger partial charge is 0.207 e. The maximum atomic E-state index is 12.9. The highest BCUT2D eigenvalue weighted by Gasteiger charge is 1.97. The summed E-state index contributed by atoms with van der Waals surface area (Å²) in [6.45, 7) is 11.8. The smallest absolute Gasteiger partial charge is 0.126 e. The summed E-state index contributed by atoms with van der Waals surface area (Å²) >= 11 is 0. The number of rotatable bonds is 1. The van der Waals surface area contributed by atoms with Crippen LogP contribution in [0.4, 0.5) is 4.39 Å². The average molecular weight is 198 g/mol. The van der Waals surface area contributed by atoms with Gasteiger partial charge in [0.2, 0.25) is 0 Å². The molecular weight excluding hydrogens is 175 g/mol. The summed E-state index contributed by atoms with van der Waals surface area (Å²) in [6.07, 6.45) is 0.770. The molecule has 14 heavy (non-hydrogen) atoms. The monoisotopic (exact) mass is 198 g/mol. The highest BCUT2D eigenvalue weighted by Crippen LogP contribution is 2.09. The van der Waals surface area contributed by atoms with Crippen molar-refractivity contribution in [2.45, 2.75) is 48.0 Å². The van der Waals surface area contributed by atoms with Gasteiger partial charge < -0.3 is 0 Å². The molecule has 0 saturated heterocycles. The van der Waals surface area contributed by atoms with Crippen molar-refractivity contribution in [3.8, 4) is 0 Å². The lowest BCUT2D eigenvalue weighted by Crippen LogP contribution is -1.86. The molecule has 1 aromatic rings. The van der Waals surface area contributed by atoms with Gasteiger partial charge in [-0.15, -0.1) is 0 Å². The molecule has 0 N–H and O–H groups in total. The molecule has 0 bridgehead atoms. The first-order valence-electron chi connectivity index (χ1n) is 5.49. The van der Waals surface area contributed by atoms with Crippen LogP contribution in [0.5, 0.6) is 0 Å². The van der Waals surface area contributed by atoms with Gasteiger partial charge in [0.1, 0.15) is 5.82 Å². The number of hydrogen-bond donors (Lipinski definition) is 0. The van der Waals surface area contributed by atoms with Crippen molar-refractivity contribution >= 4 is 0 Å². The zero-order valence-electron chi connectivity index (χ0n) is 10.3. The molecule has 0 aliphatic carbocycles. The van der Waals surface area contributed by atoms with Crippen molar-refractivity contribution in [2.24, 2.45) is 0 Å². The Labute approximate surface area is 88.2 Å². The van der Waals surface area contributed by atoms with Crippen LogP contribution in [0, 0.1) is 12.7 Å². The molecule has 1 aromatic carbocycles. The van der Waals surface area contributed by atoms with E-state index in [0.717, 1.165) is 17.5 Å². The van der Waals surface area contributed by atoms with E-state index >= 15 is 0 Å². The highest BCUT2D eigenvalue weighted by atomic mass is 19.1. The number of aryl methyl sites for hydroxylation is 2. The second-order valence-electron chi connectivity index (χ2n) is 2.45. The summed E-state index contributed by atoms with van der Waals surface area (Å²) in [5, 5.41) is 0. The molecule has 1 rings (SSSR count). The predicted octanol–water partition coefficient (Wildman–Crippen LogP) is 4.75. The van der Waals surface area contributed by atoms with Gasteiger partial charge in [0.25, 0.3) is 0 Å². The zero-order chi connectivity index (χ0) is 11.6. The molecule has 0 heterocycles. The van der Waals surface area contributed by atoms with E-state index in [2.05, 4.69) is 0 Å². The molecule has 0 aromatic heterocycles. The van der Waals surface area contributed by atoms with Gasteiger partial charge in [-0.2, -0.15) is 0 Å². The van der Waals surface area contributed by atoms with Crippen LogP contribution in [-0.4, -0.2) is 0 Å². The summed E-state index contributed by atoms with van der Waals surface area (Å²) in [5.41, 5.74) is 1.78. The molecule has 0 aliphatic rings. The van der Waals surface area contributed by atoms with E-state index in [0.29, 0.717) is 0 Å². The van der Waals surface area contributed by atoms with Crippen LogP contribution in [-0.2, 0) is 6.42 Å². The summed E-state index contributed by atoms with van der Waals surface area (Å²) in [6, 6.07) is 5.34. The lowest BCUT2D eigenvalue weighted by Gasteiger charge is -1.98. The van der Waals surface area contributed by atoms with Gasteiger partial charge in [0.05, 0.1) is 0 Å². The molecule has 0 nitrogen and oxygen atoms in total. The quantitative estimate of drug-likeness (QED) is 0.611. The van der Waals surface area contributed by atoms with E-state index in [9.17, 15) is 4.39 Å². The predicted molar refractivity (Wildman–Crippen MR) is 63.2 cm³/mol. The van der Waals surface area contributed by atoms with Gasteiger partial charge in [-0.3, -0.25) is 0 Å². The Morgan fingerprint density at radius 3 is 1.93 bits per heavy atom. The van der Waals surface area contributed by atoms with Gasteiger partial charge >= 0.3 is 0 Å². The standard InChI is InChI=1S/C9H11F.2C2H6/c1-3-8-5-4-7(2)6-9(8)10;2*1-2/h4-6H,3H2,1-2H3;2*1-2H3. The van der Waals surface area contributed by atoms with Crippen LogP contribution in [0.2, 0.25) is 0 Å². The molecule has 0 aliphatic heterocycles. The molecule has 0 atom stereocenters. The molecule has 0 saturated carbocycles. The van der Waals surface area contributed by atoms with Gasteiger partial charge in [0, 0.05) is 0 Å². The van der Waals surface area contributed by atoms with Crippen LogP contribution in [0.25, 0.3) is 0 Å².